The van der Waals surface area contributed by atoms with E-state index in [0.29, 0.717) is 24.5 Å². The van der Waals surface area contributed by atoms with Gasteiger partial charge in [-0.2, -0.15) is 0 Å². The average Bonchev–Trinajstić information content (AvgIpc) is 2.67. The number of nitrogens with one attached hydrogen (secondary N) is 1. The summed E-state index contributed by atoms with van der Waals surface area (Å²) < 4.78 is 10.5. The molecule has 0 fully saturated rings. The molecule has 0 saturated heterocycles. The first-order valence-corrected chi connectivity index (χ1v) is 9.71. The maximum Gasteiger partial charge on any atom is 0.235 e. The van der Waals surface area contributed by atoms with Crippen molar-refractivity contribution < 1.29 is 14.3 Å². The van der Waals surface area contributed by atoms with Crippen LogP contribution in [0.2, 0.25) is 0 Å². The van der Waals surface area contributed by atoms with Crippen molar-refractivity contribution in [2.24, 2.45) is 0 Å². The molecule has 1 N–H and O–H groups in total. The van der Waals surface area contributed by atoms with Crippen molar-refractivity contribution in [1.82, 2.24) is 5.32 Å². The number of hydrogen-bond acceptors (Lipinski definition) is 3. The van der Waals surface area contributed by atoms with Crippen LogP contribution in [-0.2, 0) is 11.2 Å². The number of carbonyl (C=O) groups excluding carboxylic acids is 1. The summed E-state index contributed by atoms with van der Waals surface area (Å²) in [6.07, 6.45) is 0.712. The number of halogens is 2. The summed E-state index contributed by atoms with van der Waals surface area (Å²) in [7, 11) is 3.22. The van der Waals surface area contributed by atoms with Gasteiger partial charge in [0.2, 0.25) is 5.91 Å². The quantitative estimate of drug-likeness (QED) is 0.586. The molecule has 134 valence electrons. The first-order chi connectivity index (χ1) is 12.1. The fraction of sp³-hybridized carbons (Fsp3) is 0.316. The average molecular weight is 471 g/mol. The van der Waals surface area contributed by atoms with E-state index in [-0.39, 0.29) is 15.6 Å². The molecule has 0 aliphatic carbocycles. The second-order valence-electron chi connectivity index (χ2n) is 5.44. The molecule has 2 aromatic rings. The number of ether oxygens (including phenoxy) is 2. The van der Waals surface area contributed by atoms with Crippen LogP contribution in [0.5, 0.6) is 11.5 Å². The fourth-order valence-corrected chi connectivity index (χ4v) is 3.41. The lowest BCUT2D eigenvalue weighted by molar-refractivity contribution is -0.120. The van der Waals surface area contributed by atoms with E-state index in [1.54, 1.807) is 14.2 Å². The lowest BCUT2D eigenvalue weighted by Crippen LogP contribution is -2.34. The van der Waals surface area contributed by atoms with Gasteiger partial charge < -0.3 is 14.8 Å². The number of rotatable bonds is 8. The van der Waals surface area contributed by atoms with E-state index in [4.69, 9.17) is 9.47 Å². The van der Waals surface area contributed by atoms with E-state index in [2.05, 4.69) is 37.2 Å². The van der Waals surface area contributed by atoms with E-state index < -0.39 is 0 Å². The third-order valence-electron chi connectivity index (χ3n) is 3.79. The monoisotopic (exact) mass is 469 g/mol. The van der Waals surface area contributed by atoms with Gasteiger partial charge >= 0.3 is 0 Å². The van der Waals surface area contributed by atoms with Crippen molar-refractivity contribution >= 4 is 37.8 Å². The largest absolute Gasteiger partial charge is 0.493 e. The molecular weight excluding hydrogens is 450 g/mol. The van der Waals surface area contributed by atoms with Crippen molar-refractivity contribution in [3.05, 3.63) is 59.7 Å². The van der Waals surface area contributed by atoms with E-state index >= 15 is 0 Å². The van der Waals surface area contributed by atoms with Gasteiger partial charge in [0.1, 0.15) is 4.83 Å². The molecule has 4 nitrogen and oxygen atoms in total. The molecule has 0 bridgehead atoms. The minimum Gasteiger partial charge on any atom is -0.493 e. The summed E-state index contributed by atoms with van der Waals surface area (Å²) in [4.78, 5) is 11.9. The highest BCUT2D eigenvalue weighted by molar-refractivity contribution is 9.12. The first kappa shape index (κ1) is 19.8. The predicted octanol–water partition coefficient (Wildman–Crippen LogP) is 4.26. The van der Waals surface area contributed by atoms with Gasteiger partial charge in [0.05, 0.1) is 19.0 Å². The van der Waals surface area contributed by atoms with Crippen molar-refractivity contribution in [1.29, 1.82) is 0 Å². The zero-order valence-corrected chi connectivity index (χ0v) is 17.3. The minimum atomic E-state index is -0.347. The molecule has 0 spiro atoms. The van der Waals surface area contributed by atoms with Crippen LogP contribution < -0.4 is 14.8 Å². The highest BCUT2D eigenvalue weighted by atomic mass is 79.9. The summed E-state index contributed by atoms with van der Waals surface area (Å²) >= 11 is 7.06. The molecule has 0 aromatic heterocycles. The highest BCUT2D eigenvalue weighted by Crippen LogP contribution is 2.31. The van der Waals surface area contributed by atoms with Gasteiger partial charge in [-0.05, 0) is 29.7 Å². The minimum absolute atomic E-state index is 0.0498. The molecule has 1 amide bonds. The normalized spacial score (nSPS) is 13.0. The summed E-state index contributed by atoms with van der Waals surface area (Å²) in [6.45, 7) is 0.547. The fourth-order valence-electron chi connectivity index (χ4n) is 2.40. The van der Waals surface area contributed by atoms with Crippen LogP contribution in [0.15, 0.2) is 48.5 Å². The van der Waals surface area contributed by atoms with Gasteiger partial charge in [-0.1, -0.05) is 68.3 Å². The molecule has 0 unspecified atom stereocenters. The van der Waals surface area contributed by atoms with Gasteiger partial charge in [0, 0.05) is 6.54 Å². The maximum absolute atomic E-state index is 12.3. The molecule has 2 rings (SSSR count). The van der Waals surface area contributed by atoms with E-state index in [0.717, 1.165) is 11.1 Å². The van der Waals surface area contributed by atoms with E-state index in [1.807, 2.05) is 48.5 Å². The Kier molecular flexibility index (Phi) is 7.78. The Bertz CT molecular complexity index is 694. The van der Waals surface area contributed by atoms with Gasteiger partial charge in [0.25, 0.3) is 0 Å². The molecular formula is C19H21Br2NO3. The molecule has 25 heavy (non-hydrogen) atoms. The van der Waals surface area contributed by atoms with E-state index in [9.17, 15) is 4.79 Å². The number of hydrogen-bond donors (Lipinski definition) is 1. The van der Waals surface area contributed by atoms with Gasteiger partial charge in [-0.25, -0.2) is 0 Å². The summed E-state index contributed by atoms with van der Waals surface area (Å²) in [6, 6.07) is 15.6. The smallest absolute Gasteiger partial charge is 0.235 e. The van der Waals surface area contributed by atoms with Gasteiger partial charge in [0.15, 0.2) is 11.5 Å². The van der Waals surface area contributed by atoms with Crippen LogP contribution in [0.25, 0.3) is 0 Å². The lowest BCUT2D eigenvalue weighted by atomic mass is 10.1. The van der Waals surface area contributed by atoms with Crippen LogP contribution in [-0.4, -0.2) is 31.5 Å². The van der Waals surface area contributed by atoms with Gasteiger partial charge in [-0.15, -0.1) is 0 Å². The number of benzene rings is 2. The van der Waals surface area contributed by atoms with E-state index in [1.165, 1.54) is 0 Å². The molecule has 6 heteroatoms. The van der Waals surface area contributed by atoms with Crippen molar-refractivity contribution in [3.8, 4) is 11.5 Å². The Morgan fingerprint density at radius 2 is 1.72 bits per heavy atom. The van der Waals surface area contributed by atoms with Crippen LogP contribution in [0.1, 0.15) is 16.0 Å². The molecule has 0 aliphatic heterocycles. The molecule has 2 atom stereocenters. The summed E-state index contributed by atoms with van der Waals surface area (Å²) in [5.74, 6) is 1.33. The molecule has 0 heterocycles. The Morgan fingerprint density at radius 3 is 2.36 bits per heavy atom. The highest BCUT2D eigenvalue weighted by Gasteiger charge is 2.24. The second kappa shape index (κ2) is 9.82. The van der Waals surface area contributed by atoms with Crippen molar-refractivity contribution in [3.63, 3.8) is 0 Å². The van der Waals surface area contributed by atoms with Crippen LogP contribution >= 0.6 is 31.9 Å². The number of methoxy groups -OCH3 is 2. The van der Waals surface area contributed by atoms with Crippen LogP contribution in [0.3, 0.4) is 0 Å². The number of alkyl halides is 2. The van der Waals surface area contributed by atoms with Crippen LogP contribution in [0.4, 0.5) is 0 Å². The third kappa shape index (κ3) is 5.47. The molecule has 0 aliphatic rings. The van der Waals surface area contributed by atoms with Gasteiger partial charge in [-0.3, -0.25) is 4.79 Å². The zero-order valence-electron chi connectivity index (χ0n) is 14.2. The Morgan fingerprint density at radius 1 is 1.04 bits per heavy atom. The Hall–Kier alpha value is -1.53. The molecule has 0 saturated carbocycles. The zero-order chi connectivity index (χ0) is 18.2. The predicted molar refractivity (Wildman–Crippen MR) is 107 cm³/mol. The lowest BCUT2D eigenvalue weighted by Gasteiger charge is -2.17. The standard InChI is InChI=1S/C19H21Br2NO3/c1-24-15-9-8-13(12-16(15)25-2)10-11-22-19(23)18(21)17(20)14-6-4-3-5-7-14/h3-9,12,17-18H,10-11H2,1-2H3,(H,22,23)/t17-,18+/m1/s1. The summed E-state index contributed by atoms with van der Waals surface area (Å²) in [5.41, 5.74) is 2.13. The number of amides is 1. The SMILES string of the molecule is COc1ccc(CCNC(=O)[C@@H](Br)[C@H](Br)c2ccccc2)cc1OC. The number of carbonyl (C=O) groups is 1. The molecule has 2 aromatic carbocycles. The topological polar surface area (TPSA) is 47.6 Å². The Balaban J connectivity index is 1.87. The van der Waals surface area contributed by atoms with Crippen LogP contribution in [0, 0.1) is 0 Å². The third-order valence-corrected chi connectivity index (χ3v) is 6.50. The maximum atomic E-state index is 12.3. The second-order valence-corrected chi connectivity index (χ2v) is 7.42. The van der Waals surface area contributed by atoms with Crippen molar-refractivity contribution in [2.45, 2.75) is 16.1 Å². The van der Waals surface area contributed by atoms with Crippen molar-refractivity contribution in [2.75, 3.05) is 20.8 Å². The molecule has 0 radical (unpaired) electrons. The first-order valence-electron chi connectivity index (χ1n) is 7.88. The summed E-state index contributed by atoms with van der Waals surface area (Å²) in [5, 5.41) is 2.96. The Labute approximate surface area is 165 Å².